The van der Waals surface area contributed by atoms with Gasteiger partial charge in [-0.3, -0.25) is 0 Å². The number of hydrogen-bond acceptors (Lipinski definition) is 5. The number of carbonyl (C=O) groups excluding carboxylic acids is 1. The van der Waals surface area contributed by atoms with Crippen molar-refractivity contribution in [1.82, 2.24) is 0 Å². The van der Waals surface area contributed by atoms with Gasteiger partial charge in [0.2, 0.25) is 0 Å². The molecule has 0 fully saturated rings. The summed E-state index contributed by atoms with van der Waals surface area (Å²) in [4.78, 5) is 12.2. The first-order valence-corrected chi connectivity index (χ1v) is 8.51. The minimum absolute atomic E-state index is 0.402. The number of hydrogen-bond donors (Lipinski definition) is 2. The van der Waals surface area contributed by atoms with Gasteiger partial charge < -0.3 is 19.8 Å². The van der Waals surface area contributed by atoms with Crippen molar-refractivity contribution in [3.8, 4) is 0 Å². The molecule has 2 aromatic carbocycles. The minimum atomic E-state index is -0.439. The first-order chi connectivity index (χ1) is 12.7. The zero-order valence-corrected chi connectivity index (χ0v) is 15.0. The Morgan fingerprint density at radius 1 is 1.04 bits per heavy atom. The van der Waals surface area contributed by atoms with E-state index in [9.17, 15) is 4.79 Å². The first-order valence-electron chi connectivity index (χ1n) is 8.13. The van der Waals surface area contributed by atoms with Gasteiger partial charge in [-0.05, 0) is 29.8 Å². The summed E-state index contributed by atoms with van der Waals surface area (Å²) in [5.74, 6) is 0.314. The minimum Gasteiger partial charge on any atom is -0.467 e. The topological polar surface area (TPSA) is 63.5 Å². The van der Waals surface area contributed by atoms with Crippen LogP contribution in [0.5, 0.6) is 0 Å². The highest BCUT2D eigenvalue weighted by Crippen LogP contribution is 2.31. The Morgan fingerprint density at radius 2 is 1.81 bits per heavy atom. The average Bonchev–Trinajstić information content (AvgIpc) is 3.19. The molecule has 0 atom stereocenters. The predicted molar refractivity (Wildman–Crippen MR) is 103 cm³/mol. The van der Waals surface area contributed by atoms with E-state index < -0.39 is 5.97 Å². The SMILES string of the molecule is COC(=O)c1cc(NCc2ccccc2)c(Cl)cc1NCc1ccco1. The maximum Gasteiger partial charge on any atom is 0.340 e. The zero-order chi connectivity index (χ0) is 18.4. The molecule has 26 heavy (non-hydrogen) atoms. The Labute approximate surface area is 156 Å². The summed E-state index contributed by atoms with van der Waals surface area (Å²) in [6.45, 7) is 1.03. The number of rotatable bonds is 7. The van der Waals surface area contributed by atoms with Gasteiger partial charge in [0.05, 0.1) is 41.9 Å². The molecule has 0 unspecified atom stereocenters. The Hall–Kier alpha value is -2.92. The third-order valence-electron chi connectivity index (χ3n) is 3.87. The van der Waals surface area contributed by atoms with E-state index in [-0.39, 0.29) is 0 Å². The smallest absolute Gasteiger partial charge is 0.340 e. The van der Waals surface area contributed by atoms with Crippen LogP contribution in [0.3, 0.4) is 0 Å². The van der Waals surface area contributed by atoms with Gasteiger partial charge in [-0.25, -0.2) is 4.79 Å². The lowest BCUT2D eigenvalue weighted by molar-refractivity contribution is 0.0602. The number of anilines is 2. The van der Waals surface area contributed by atoms with Crippen LogP contribution in [-0.4, -0.2) is 13.1 Å². The summed E-state index contributed by atoms with van der Waals surface area (Å²) in [6.07, 6.45) is 1.60. The Morgan fingerprint density at radius 3 is 2.50 bits per heavy atom. The fourth-order valence-corrected chi connectivity index (χ4v) is 2.75. The maximum atomic E-state index is 12.2. The quantitative estimate of drug-likeness (QED) is 0.576. The summed E-state index contributed by atoms with van der Waals surface area (Å²) in [5, 5.41) is 6.94. The molecule has 0 amide bonds. The van der Waals surface area contributed by atoms with Crippen molar-refractivity contribution in [2.75, 3.05) is 17.7 Å². The highest BCUT2D eigenvalue weighted by molar-refractivity contribution is 6.33. The van der Waals surface area contributed by atoms with E-state index in [2.05, 4.69) is 10.6 Å². The van der Waals surface area contributed by atoms with Crippen molar-refractivity contribution in [3.05, 3.63) is 82.8 Å². The van der Waals surface area contributed by atoms with E-state index in [1.165, 1.54) is 7.11 Å². The molecule has 2 N–H and O–H groups in total. The Bertz CT molecular complexity index is 864. The summed E-state index contributed by atoms with van der Waals surface area (Å²) in [5.41, 5.74) is 2.77. The van der Waals surface area contributed by atoms with Crippen LogP contribution in [0.4, 0.5) is 11.4 Å². The number of benzene rings is 2. The van der Waals surface area contributed by atoms with E-state index in [1.54, 1.807) is 18.4 Å². The van der Waals surface area contributed by atoms with Crippen LogP contribution >= 0.6 is 11.6 Å². The van der Waals surface area contributed by atoms with Crippen molar-refractivity contribution < 1.29 is 13.9 Å². The summed E-state index contributed by atoms with van der Waals surface area (Å²) in [6, 6.07) is 17.0. The molecule has 0 aliphatic heterocycles. The van der Waals surface area contributed by atoms with Crippen molar-refractivity contribution in [2.24, 2.45) is 0 Å². The second-order valence-electron chi connectivity index (χ2n) is 5.64. The van der Waals surface area contributed by atoms with E-state index in [0.29, 0.717) is 35.1 Å². The molecule has 0 aliphatic rings. The standard InChI is InChI=1S/C20H19ClN2O3/c1-25-20(24)16-10-19(22-12-14-6-3-2-4-7-14)17(21)11-18(16)23-13-15-8-5-9-26-15/h2-11,22-23H,12-13H2,1H3. The van der Waals surface area contributed by atoms with Gasteiger partial charge in [-0.15, -0.1) is 0 Å². The normalized spacial score (nSPS) is 10.4. The number of ether oxygens (including phenoxy) is 1. The summed E-state index contributed by atoms with van der Waals surface area (Å²) < 4.78 is 10.2. The molecule has 0 saturated heterocycles. The van der Waals surface area contributed by atoms with E-state index >= 15 is 0 Å². The monoisotopic (exact) mass is 370 g/mol. The number of nitrogens with one attached hydrogen (secondary N) is 2. The lowest BCUT2D eigenvalue weighted by atomic mass is 10.1. The molecule has 3 aromatic rings. The van der Waals surface area contributed by atoms with Crippen molar-refractivity contribution in [2.45, 2.75) is 13.1 Å². The fourth-order valence-electron chi connectivity index (χ4n) is 2.52. The van der Waals surface area contributed by atoms with Gasteiger partial charge >= 0.3 is 5.97 Å². The Balaban J connectivity index is 1.81. The van der Waals surface area contributed by atoms with Crippen LogP contribution in [-0.2, 0) is 17.8 Å². The van der Waals surface area contributed by atoms with E-state index in [4.69, 9.17) is 20.8 Å². The maximum absolute atomic E-state index is 12.2. The summed E-state index contributed by atoms with van der Waals surface area (Å²) >= 11 is 6.40. The van der Waals surface area contributed by atoms with Crippen LogP contribution in [0.1, 0.15) is 21.7 Å². The predicted octanol–water partition coefficient (Wildman–Crippen LogP) is 4.94. The second kappa shape index (κ2) is 8.45. The van der Waals surface area contributed by atoms with Gasteiger partial charge in [0.15, 0.2) is 0 Å². The summed E-state index contributed by atoms with van der Waals surface area (Å²) in [7, 11) is 1.35. The molecule has 0 bridgehead atoms. The first kappa shape index (κ1) is 17.9. The van der Waals surface area contributed by atoms with Crippen LogP contribution in [0.2, 0.25) is 5.02 Å². The number of methoxy groups -OCH3 is 1. The van der Waals surface area contributed by atoms with Crippen LogP contribution in [0.25, 0.3) is 0 Å². The molecular weight excluding hydrogens is 352 g/mol. The van der Waals surface area contributed by atoms with Crippen molar-refractivity contribution in [1.29, 1.82) is 0 Å². The molecule has 0 radical (unpaired) electrons. The molecule has 0 aliphatic carbocycles. The van der Waals surface area contributed by atoms with Crippen molar-refractivity contribution in [3.63, 3.8) is 0 Å². The van der Waals surface area contributed by atoms with Gasteiger partial charge in [0.25, 0.3) is 0 Å². The number of esters is 1. The molecule has 6 heteroatoms. The van der Waals surface area contributed by atoms with Crippen LogP contribution in [0.15, 0.2) is 65.3 Å². The molecule has 0 spiro atoms. The molecule has 3 rings (SSSR count). The second-order valence-corrected chi connectivity index (χ2v) is 6.05. The number of halogens is 1. The third-order valence-corrected chi connectivity index (χ3v) is 4.18. The molecule has 1 heterocycles. The molecule has 134 valence electrons. The Kier molecular flexibility index (Phi) is 5.81. The zero-order valence-electron chi connectivity index (χ0n) is 14.3. The van der Waals surface area contributed by atoms with E-state index in [0.717, 1.165) is 11.3 Å². The van der Waals surface area contributed by atoms with Gasteiger partial charge in [-0.1, -0.05) is 41.9 Å². The molecule has 1 aromatic heterocycles. The largest absolute Gasteiger partial charge is 0.467 e. The highest BCUT2D eigenvalue weighted by atomic mass is 35.5. The van der Waals surface area contributed by atoms with Crippen LogP contribution < -0.4 is 10.6 Å². The van der Waals surface area contributed by atoms with Crippen LogP contribution in [0, 0.1) is 0 Å². The van der Waals surface area contributed by atoms with Gasteiger partial charge in [0, 0.05) is 6.54 Å². The van der Waals surface area contributed by atoms with Gasteiger partial charge in [0.1, 0.15) is 5.76 Å². The highest BCUT2D eigenvalue weighted by Gasteiger charge is 2.16. The van der Waals surface area contributed by atoms with Crippen molar-refractivity contribution >= 4 is 28.9 Å². The number of carbonyl (C=O) groups is 1. The lowest BCUT2D eigenvalue weighted by Gasteiger charge is -2.15. The van der Waals surface area contributed by atoms with E-state index in [1.807, 2.05) is 42.5 Å². The average molecular weight is 371 g/mol. The third kappa shape index (κ3) is 4.37. The molecule has 5 nitrogen and oxygen atoms in total. The fraction of sp³-hybridized carbons (Fsp3) is 0.150. The molecular formula is C20H19ClN2O3. The van der Waals surface area contributed by atoms with Gasteiger partial charge in [-0.2, -0.15) is 0 Å². The number of furan rings is 1. The lowest BCUT2D eigenvalue weighted by Crippen LogP contribution is -2.10. The molecule has 0 saturated carbocycles.